The van der Waals surface area contributed by atoms with Gasteiger partial charge in [0.25, 0.3) is 0 Å². The van der Waals surface area contributed by atoms with E-state index in [9.17, 15) is 5.26 Å². The second-order valence-electron chi connectivity index (χ2n) is 6.27. The number of nitrogens with zero attached hydrogens (tertiary/aromatic N) is 1. The Kier molecular flexibility index (Phi) is 3.87. The van der Waals surface area contributed by atoms with E-state index in [1.54, 1.807) is 0 Å². The van der Waals surface area contributed by atoms with E-state index < -0.39 is 0 Å². The van der Waals surface area contributed by atoms with Crippen LogP contribution in [0.15, 0.2) is 89.0 Å². The molecular weight excluding hydrogens is 308 g/mol. The highest BCUT2D eigenvalue weighted by atomic mass is 16.5. The summed E-state index contributed by atoms with van der Waals surface area (Å²) in [4.78, 5) is 0. The molecule has 0 saturated carbocycles. The summed E-state index contributed by atoms with van der Waals surface area (Å²) >= 11 is 0. The fourth-order valence-electron chi connectivity index (χ4n) is 3.61. The molecule has 0 radical (unpaired) electrons. The number of allylic oxidation sites excluding steroid dienone is 3. The monoisotopic (exact) mass is 326 g/mol. The van der Waals surface area contributed by atoms with Gasteiger partial charge in [-0.3, -0.25) is 0 Å². The van der Waals surface area contributed by atoms with Crippen LogP contribution in [0.2, 0.25) is 0 Å². The van der Waals surface area contributed by atoms with E-state index in [0.717, 1.165) is 40.9 Å². The van der Waals surface area contributed by atoms with E-state index in [-0.39, 0.29) is 11.8 Å². The first kappa shape index (κ1) is 15.3. The third-order valence-corrected chi connectivity index (χ3v) is 4.76. The van der Waals surface area contributed by atoms with Gasteiger partial charge in [0, 0.05) is 5.92 Å². The van der Waals surface area contributed by atoms with Crippen molar-refractivity contribution in [1.29, 1.82) is 5.26 Å². The molecular formula is C22H18N2O. The highest BCUT2D eigenvalue weighted by Gasteiger charge is 2.36. The van der Waals surface area contributed by atoms with Crippen LogP contribution in [0.1, 0.15) is 29.9 Å². The first-order valence-electron chi connectivity index (χ1n) is 8.39. The molecule has 0 spiro atoms. The number of benzene rings is 2. The van der Waals surface area contributed by atoms with Gasteiger partial charge in [-0.15, -0.1) is 0 Å². The Bertz CT molecular complexity index is 931. The van der Waals surface area contributed by atoms with Crippen molar-refractivity contribution in [3.8, 4) is 6.07 Å². The van der Waals surface area contributed by atoms with Crippen LogP contribution < -0.4 is 5.73 Å². The standard InChI is InChI=1S/C22H18N2O/c23-14-19-20(16-9-5-2-6-10-16)18-12-11-17(21(18)25-22(19)24)13-15-7-3-1-4-8-15/h1-10,13,20H,11-12,24H2/b17-13-/t20-/m1/s1. The van der Waals surface area contributed by atoms with Gasteiger partial charge >= 0.3 is 0 Å². The van der Waals surface area contributed by atoms with Crippen LogP contribution in [0.25, 0.3) is 6.08 Å². The molecule has 2 aliphatic rings. The molecule has 2 aromatic rings. The molecule has 0 bridgehead atoms. The third-order valence-electron chi connectivity index (χ3n) is 4.76. The molecule has 0 amide bonds. The molecule has 1 aliphatic heterocycles. The minimum atomic E-state index is -0.114. The van der Waals surface area contributed by atoms with E-state index >= 15 is 0 Å². The number of hydrogen-bond acceptors (Lipinski definition) is 3. The first-order chi connectivity index (χ1) is 12.3. The summed E-state index contributed by atoms with van der Waals surface area (Å²) in [6.07, 6.45) is 3.93. The smallest absolute Gasteiger partial charge is 0.205 e. The summed E-state index contributed by atoms with van der Waals surface area (Å²) in [5, 5.41) is 9.61. The fourth-order valence-corrected chi connectivity index (χ4v) is 3.61. The molecule has 1 atom stereocenters. The van der Waals surface area contributed by atoms with Crippen LogP contribution in [-0.2, 0) is 4.74 Å². The van der Waals surface area contributed by atoms with Crippen molar-refractivity contribution >= 4 is 6.08 Å². The Morgan fingerprint density at radius 3 is 2.36 bits per heavy atom. The molecule has 2 aromatic carbocycles. The van der Waals surface area contributed by atoms with E-state index in [4.69, 9.17) is 10.5 Å². The Hall–Kier alpha value is -3.25. The predicted molar refractivity (Wildman–Crippen MR) is 97.8 cm³/mol. The van der Waals surface area contributed by atoms with Gasteiger partial charge in [0.1, 0.15) is 17.4 Å². The normalized spacial score (nSPS) is 21.1. The summed E-state index contributed by atoms with van der Waals surface area (Å²) < 4.78 is 5.90. The Balaban J connectivity index is 1.81. The maximum absolute atomic E-state index is 9.61. The summed E-state index contributed by atoms with van der Waals surface area (Å²) in [6, 6.07) is 22.5. The predicted octanol–water partition coefficient (Wildman–Crippen LogP) is 4.63. The number of ether oxygens (including phenoxy) is 1. The lowest BCUT2D eigenvalue weighted by atomic mass is 9.83. The summed E-state index contributed by atoms with van der Waals surface area (Å²) in [7, 11) is 0. The van der Waals surface area contributed by atoms with Crippen LogP contribution >= 0.6 is 0 Å². The zero-order chi connectivity index (χ0) is 17.2. The molecule has 1 aliphatic carbocycles. The molecule has 1 heterocycles. The minimum absolute atomic E-state index is 0.114. The molecule has 2 N–H and O–H groups in total. The average Bonchev–Trinajstić information content (AvgIpc) is 3.04. The van der Waals surface area contributed by atoms with Crippen LogP contribution in [-0.4, -0.2) is 0 Å². The van der Waals surface area contributed by atoms with Gasteiger partial charge in [-0.1, -0.05) is 60.7 Å². The Morgan fingerprint density at radius 1 is 1.00 bits per heavy atom. The maximum atomic E-state index is 9.61. The molecule has 0 aromatic heterocycles. The highest BCUT2D eigenvalue weighted by Crippen LogP contribution is 2.48. The lowest BCUT2D eigenvalue weighted by Crippen LogP contribution is -2.19. The van der Waals surface area contributed by atoms with E-state index in [0.29, 0.717) is 5.57 Å². The number of rotatable bonds is 2. The van der Waals surface area contributed by atoms with Gasteiger partial charge in [-0.2, -0.15) is 5.26 Å². The molecule has 0 fully saturated rings. The Labute approximate surface area is 147 Å². The van der Waals surface area contributed by atoms with Crippen LogP contribution in [0.5, 0.6) is 0 Å². The first-order valence-corrected chi connectivity index (χ1v) is 8.39. The maximum Gasteiger partial charge on any atom is 0.205 e. The van der Waals surface area contributed by atoms with Crippen molar-refractivity contribution in [3.05, 3.63) is 100 Å². The third kappa shape index (κ3) is 2.72. The van der Waals surface area contributed by atoms with Crippen molar-refractivity contribution < 1.29 is 4.74 Å². The second kappa shape index (κ2) is 6.33. The van der Waals surface area contributed by atoms with Crippen LogP contribution in [0.4, 0.5) is 0 Å². The SMILES string of the molecule is N#CC1=C(N)OC2=C(CC/C2=C/c2ccccc2)[C@H]1c1ccccc1. The van der Waals surface area contributed by atoms with Gasteiger partial charge in [-0.05, 0) is 41.2 Å². The summed E-state index contributed by atoms with van der Waals surface area (Å²) in [5.41, 5.74) is 11.1. The number of nitrogens with two attached hydrogens (primary N) is 1. The van der Waals surface area contributed by atoms with Gasteiger partial charge in [0.2, 0.25) is 5.88 Å². The minimum Gasteiger partial charge on any atom is -0.440 e. The Morgan fingerprint density at radius 2 is 1.68 bits per heavy atom. The van der Waals surface area contributed by atoms with E-state index in [1.807, 2.05) is 48.5 Å². The van der Waals surface area contributed by atoms with Gasteiger partial charge in [0.15, 0.2) is 0 Å². The molecule has 122 valence electrons. The summed E-state index contributed by atoms with van der Waals surface area (Å²) in [5.74, 6) is 0.946. The largest absolute Gasteiger partial charge is 0.440 e. The zero-order valence-electron chi connectivity index (χ0n) is 13.8. The van der Waals surface area contributed by atoms with Crippen molar-refractivity contribution in [2.75, 3.05) is 0 Å². The highest BCUT2D eigenvalue weighted by molar-refractivity contribution is 5.63. The van der Waals surface area contributed by atoms with Crippen molar-refractivity contribution in [3.63, 3.8) is 0 Å². The van der Waals surface area contributed by atoms with Gasteiger partial charge in [-0.25, -0.2) is 0 Å². The second-order valence-corrected chi connectivity index (χ2v) is 6.27. The lowest BCUT2D eigenvalue weighted by molar-refractivity contribution is 0.292. The average molecular weight is 326 g/mol. The molecule has 25 heavy (non-hydrogen) atoms. The summed E-state index contributed by atoms with van der Waals surface area (Å²) in [6.45, 7) is 0. The number of hydrogen-bond donors (Lipinski definition) is 1. The van der Waals surface area contributed by atoms with Crippen molar-refractivity contribution in [1.82, 2.24) is 0 Å². The molecule has 4 rings (SSSR count). The van der Waals surface area contributed by atoms with Crippen LogP contribution in [0, 0.1) is 11.3 Å². The molecule has 3 nitrogen and oxygen atoms in total. The topological polar surface area (TPSA) is 59.0 Å². The van der Waals surface area contributed by atoms with Crippen molar-refractivity contribution in [2.24, 2.45) is 5.73 Å². The van der Waals surface area contributed by atoms with Crippen LogP contribution in [0.3, 0.4) is 0 Å². The zero-order valence-corrected chi connectivity index (χ0v) is 13.8. The molecule has 0 saturated heterocycles. The number of nitriles is 1. The van der Waals surface area contributed by atoms with E-state index in [1.165, 1.54) is 0 Å². The fraction of sp³-hybridized carbons (Fsp3) is 0.136. The quantitative estimate of drug-likeness (QED) is 0.875. The van der Waals surface area contributed by atoms with Gasteiger partial charge in [0.05, 0.1) is 0 Å². The molecule has 0 unspecified atom stereocenters. The van der Waals surface area contributed by atoms with Crippen molar-refractivity contribution in [2.45, 2.75) is 18.8 Å². The molecule has 3 heteroatoms. The van der Waals surface area contributed by atoms with Gasteiger partial charge < -0.3 is 10.5 Å². The lowest BCUT2D eigenvalue weighted by Gasteiger charge is -2.26. The van der Waals surface area contributed by atoms with E-state index in [2.05, 4.69) is 24.3 Å².